The zero-order valence-corrected chi connectivity index (χ0v) is 41.6. The van der Waals surface area contributed by atoms with E-state index in [1.54, 1.807) is 11.1 Å². The Hall–Kier alpha value is -0.960. The molecule has 6 nitrogen and oxygen atoms in total. The molecule has 350 valence electrons. The second-order valence-corrected chi connectivity index (χ2v) is 21.4. The Labute approximate surface area is 400 Å². The number of likely N-dealkylation sites (tertiary alicyclic amines) is 2. The summed E-state index contributed by atoms with van der Waals surface area (Å²) in [6, 6.07) is 10.8. The summed E-state index contributed by atoms with van der Waals surface area (Å²) in [7, 11) is 0. The molecule has 2 heterocycles. The van der Waals surface area contributed by atoms with Gasteiger partial charge in [0.1, 0.15) is 11.5 Å². The fourth-order valence-electron chi connectivity index (χ4n) is 14.9. The molecule has 4 saturated carbocycles. The van der Waals surface area contributed by atoms with Crippen molar-refractivity contribution in [1.82, 2.24) is 19.6 Å². The van der Waals surface area contributed by atoms with Gasteiger partial charge in [-0.1, -0.05) is 64.5 Å². The number of fused-ring (bicyclic) bond motifs is 2. The highest BCUT2D eigenvalue weighted by Gasteiger charge is 2.55. The zero-order valence-electron chi connectivity index (χ0n) is 38.3. The van der Waals surface area contributed by atoms with Crippen LogP contribution in [-0.4, -0.2) is 94.3 Å². The molecule has 2 saturated heterocycles. The number of hydrogen-bond donors (Lipinski definition) is 2. The van der Waals surface area contributed by atoms with E-state index in [1.165, 1.54) is 153 Å². The van der Waals surface area contributed by atoms with Crippen LogP contribution in [-0.2, 0) is 36.8 Å². The molecule has 10 rings (SSSR count). The van der Waals surface area contributed by atoms with Crippen LogP contribution in [0.15, 0.2) is 24.3 Å². The molecule has 0 amide bonds. The number of hydrogen-bond acceptors (Lipinski definition) is 6. The second-order valence-electron chi connectivity index (χ2n) is 21.4. The van der Waals surface area contributed by atoms with Crippen LogP contribution >= 0.6 is 49.6 Å². The summed E-state index contributed by atoms with van der Waals surface area (Å²) >= 11 is 0. The SMILES string of the molecule is CCN(CCCCN(CC)Cc1cc2c(cc1O)[C@@]13CCCC[C@H]1[C@@H](C2)N(CC1CCC1)CC3)Cc1cc2c(cc1O)[C@@]13CCCC[C@H]1[C@@H](C2)N(CC1CCC1)CC3.Cl.Cl.Cl.Cl. The van der Waals surface area contributed by atoms with Crippen molar-refractivity contribution in [3.05, 3.63) is 57.6 Å². The van der Waals surface area contributed by atoms with Gasteiger partial charge in [0.25, 0.3) is 0 Å². The first kappa shape index (κ1) is 50.5. The van der Waals surface area contributed by atoms with Crippen molar-refractivity contribution in [1.29, 1.82) is 0 Å². The van der Waals surface area contributed by atoms with Crippen molar-refractivity contribution in [2.45, 2.75) is 178 Å². The Morgan fingerprint density at radius 2 is 0.968 bits per heavy atom. The number of piperidine rings is 2. The van der Waals surface area contributed by atoms with Gasteiger partial charge in [0.05, 0.1) is 0 Å². The first-order valence-electron chi connectivity index (χ1n) is 25.0. The zero-order chi connectivity index (χ0) is 39.4. The van der Waals surface area contributed by atoms with Crippen molar-refractivity contribution < 1.29 is 10.2 Å². The third kappa shape index (κ3) is 9.33. The van der Waals surface area contributed by atoms with Crippen LogP contribution in [0.5, 0.6) is 11.5 Å². The molecule has 6 aliphatic carbocycles. The van der Waals surface area contributed by atoms with Gasteiger partial charge >= 0.3 is 0 Å². The Kier molecular flexibility index (Phi) is 17.4. The number of halogens is 4. The maximum atomic E-state index is 11.6. The third-order valence-corrected chi connectivity index (χ3v) is 18.6. The number of aromatic hydroxyl groups is 2. The lowest BCUT2D eigenvalue weighted by Crippen LogP contribution is -2.61. The highest BCUT2D eigenvalue weighted by molar-refractivity contribution is 5.86. The van der Waals surface area contributed by atoms with Gasteiger partial charge in [-0.15, -0.1) is 49.6 Å². The lowest BCUT2D eigenvalue weighted by atomic mass is 9.52. The normalized spacial score (nSPS) is 30.2. The predicted octanol–water partition coefficient (Wildman–Crippen LogP) is 11.6. The highest BCUT2D eigenvalue weighted by Crippen LogP contribution is 2.58. The summed E-state index contributed by atoms with van der Waals surface area (Å²) in [5.74, 6) is 4.50. The van der Waals surface area contributed by atoms with E-state index in [4.69, 9.17) is 0 Å². The molecule has 10 heteroatoms. The van der Waals surface area contributed by atoms with Gasteiger partial charge in [-0.25, -0.2) is 0 Å². The van der Waals surface area contributed by atoms with E-state index in [9.17, 15) is 10.2 Å². The van der Waals surface area contributed by atoms with E-state index < -0.39 is 0 Å². The molecule has 0 radical (unpaired) electrons. The van der Waals surface area contributed by atoms with Gasteiger partial charge in [-0.05, 0) is 187 Å². The van der Waals surface area contributed by atoms with Crippen molar-refractivity contribution >= 4 is 49.6 Å². The Morgan fingerprint density at radius 1 is 0.548 bits per heavy atom. The molecule has 0 spiro atoms. The maximum absolute atomic E-state index is 11.6. The third-order valence-electron chi connectivity index (χ3n) is 18.6. The highest BCUT2D eigenvalue weighted by atomic mass is 35.5. The predicted molar refractivity (Wildman–Crippen MR) is 266 cm³/mol. The van der Waals surface area contributed by atoms with Crippen LogP contribution in [0, 0.1) is 23.7 Å². The van der Waals surface area contributed by atoms with Crippen molar-refractivity contribution in [3.63, 3.8) is 0 Å². The number of unbranched alkanes of at least 4 members (excludes halogenated alkanes) is 1. The summed E-state index contributed by atoms with van der Waals surface area (Å²) in [5.41, 5.74) is 9.03. The smallest absolute Gasteiger partial charge is 0.120 e. The van der Waals surface area contributed by atoms with Crippen LogP contribution in [0.3, 0.4) is 0 Å². The number of phenols is 2. The molecule has 2 aliphatic heterocycles. The van der Waals surface area contributed by atoms with Gasteiger partial charge in [0.2, 0.25) is 0 Å². The first-order valence-corrected chi connectivity index (χ1v) is 25.0. The average molecular weight is 937 g/mol. The lowest BCUT2D eigenvalue weighted by molar-refractivity contribution is -0.0241. The minimum absolute atomic E-state index is 0. The van der Waals surface area contributed by atoms with E-state index >= 15 is 0 Å². The van der Waals surface area contributed by atoms with Crippen LogP contribution in [0.2, 0.25) is 0 Å². The van der Waals surface area contributed by atoms with Crippen LogP contribution in [0.4, 0.5) is 0 Å². The van der Waals surface area contributed by atoms with Crippen LogP contribution in [0.25, 0.3) is 0 Å². The summed E-state index contributed by atoms with van der Waals surface area (Å²) in [5, 5.41) is 23.2. The number of nitrogens with zero attached hydrogens (tertiary/aromatic N) is 4. The van der Waals surface area contributed by atoms with Gasteiger partial charge in [-0.3, -0.25) is 19.6 Å². The van der Waals surface area contributed by atoms with Gasteiger partial charge < -0.3 is 10.2 Å². The molecular formula is C52H82Cl4N4O2. The number of benzene rings is 2. The molecular weight excluding hydrogens is 854 g/mol. The second kappa shape index (κ2) is 21.3. The molecule has 6 fully saturated rings. The van der Waals surface area contributed by atoms with Crippen LogP contribution < -0.4 is 0 Å². The van der Waals surface area contributed by atoms with E-state index in [2.05, 4.69) is 57.7 Å². The number of phenolic OH excluding ortho intramolecular Hbond substituents is 2. The fourth-order valence-corrected chi connectivity index (χ4v) is 14.9. The molecule has 2 N–H and O–H groups in total. The van der Waals surface area contributed by atoms with E-state index in [0.717, 1.165) is 86.9 Å². The van der Waals surface area contributed by atoms with Crippen molar-refractivity contribution in [3.8, 4) is 11.5 Å². The summed E-state index contributed by atoms with van der Waals surface area (Å²) in [6.45, 7) is 15.5. The largest absolute Gasteiger partial charge is 0.508 e. The molecule has 2 aromatic carbocycles. The first-order chi connectivity index (χ1) is 28.4. The lowest BCUT2D eigenvalue weighted by Gasteiger charge is -2.59. The minimum atomic E-state index is 0. The van der Waals surface area contributed by atoms with Gasteiger partial charge in [-0.2, -0.15) is 0 Å². The van der Waals surface area contributed by atoms with Gasteiger partial charge in [0.15, 0.2) is 0 Å². The molecule has 2 aromatic rings. The quantitative estimate of drug-likeness (QED) is 0.174. The molecule has 8 aliphatic rings. The molecule has 0 unspecified atom stereocenters. The monoisotopic (exact) mass is 935 g/mol. The summed E-state index contributed by atoms with van der Waals surface area (Å²) in [4.78, 5) is 11.0. The molecule has 62 heavy (non-hydrogen) atoms. The standard InChI is InChI=1S/C52H78N4O2.4ClH/c1-3-53(35-41-27-39-29-47-43-17-5-7-19-51(43,45(39)31-49(41)57)21-25-55(47)33-37-13-11-14-37)23-9-10-24-54(4-2)36-42-28-40-30-48-44-18-6-8-20-52(44,46(40)32-50(42)58)22-26-56(48)34-38-15-12-16-38;;;;/h27-28,31-32,37-38,43-44,47-48,57-58H,3-26,29-30,33-36H2,1-2H3;4*1H/t43-,44-,47+,48+,51+,52+;;;;/m0..../s1. The van der Waals surface area contributed by atoms with E-state index in [-0.39, 0.29) is 49.6 Å². The minimum Gasteiger partial charge on any atom is -0.508 e. The molecule has 6 atom stereocenters. The van der Waals surface area contributed by atoms with E-state index in [1.807, 2.05) is 0 Å². The summed E-state index contributed by atoms with van der Waals surface area (Å²) in [6.07, 6.45) is 26.7. The Bertz CT molecular complexity index is 1660. The fraction of sp³-hybridized carbons (Fsp3) is 0.769. The molecule has 4 bridgehead atoms. The Morgan fingerprint density at radius 3 is 1.34 bits per heavy atom. The van der Waals surface area contributed by atoms with Crippen molar-refractivity contribution in [2.75, 3.05) is 52.4 Å². The van der Waals surface area contributed by atoms with Crippen molar-refractivity contribution in [2.24, 2.45) is 23.7 Å². The summed E-state index contributed by atoms with van der Waals surface area (Å²) < 4.78 is 0. The maximum Gasteiger partial charge on any atom is 0.120 e. The van der Waals surface area contributed by atoms with E-state index in [0.29, 0.717) is 34.4 Å². The van der Waals surface area contributed by atoms with Crippen LogP contribution in [0.1, 0.15) is 163 Å². The molecule has 0 aromatic heterocycles. The topological polar surface area (TPSA) is 53.4 Å². The average Bonchev–Trinajstić information content (AvgIpc) is 3.20. The van der Waals surface area contributed by atoms with Gasteiger partial charge in [0, 0.05) is 60.2 Å². The number of rotatable bonds is 15. The Balaban J connectivity index is 0.00000160.